The van der Waals surface area contributed by atoms with Gasteiger partial charge in [-0.05, 0) is 30.5 Å². The quantitative estimate of drug-likeness (QED) is 0.738. The Bertz CT molecular complexity index is 1120. The minimum Gasteiger partial charge on any atom is -0.354 e. The summed E-state index contributed by atoms with van der Waals surface area (Å²) in [5.74, 6) is 1.41. The molecule has 0 bridgehead atoms. The predicted molar refractivity (Wildman–Crippen MR) is 127 cm³/mol. The third-order valence-corrected chi connectivity index (χ3v) is 6.72. The van der Waals surface area contributed by atoms with Crippen molar-refractivity contribution in [1.82, 2.24) is 24.8 Å². The summed E-state index contributed by atoms with van der Waals surface area (Å²) < 4.78 is 1.95. The van der Waals surface area contributed by atoms with E-state index in [4.69, 9.17) is 4.98 Å². The van der Waals surface area contributed by atoms with Crippen molar-refractivity contribution < 1.29 is 4.79 Å². The highest BCUT2D eigenvalue weighted by atomic mass is 16.2. The Labute approximate surface area is 188 Å². The van der Waals surface area contributed by atoms with E-state index in [2.05, 4.69) is 34.5 Å². The fourth-order valence-electron chi connectivity index (χ4n) is 4.97. The number of carbonyl (C=O) groups is 1. The third-order valence-electron chi connectivity index (χ3n) is 6.72. The highest BCUT2D eigenvalue weighted by molar-refractivity contribution is 5.82. The topological polar surface area (TPSA) is 65.8 Å². The number of hydrogen-bond acceptors (Lipinski definition) is 5. The summed E-state index contributed by atoms with van der Waals surface area (Å²) in [5.41, 5.74) is 5.65. The lowest BCUT2D eigenvalue weighted by Gasteiger charge is -2.43. The van der Waals surface area contributed by atoms with Crippen LogP contribution >= 0.6 is 0 Å². The zero-order chi connectivity index (χ0) is 22.1. The standard InChI is InChI=1S/C25H30N6O/c1-3-5-18(4-2)19-9-14-29(15-10-19)25(32)20-16-30(17-20)24-21-6-11-26-12-7-22(21)28-23-8-13-27-31(23)24/h3-5,8-9,13,20,26H,1-2,6-7,10-12,14-17H2/b18-5+. The number of aromatic nitrogens is 3. The lowest BCUT2D eigenvalue weighted by atomic mass is 9.94. The first-order valence-electron chi connectivity index (χ1n) is 11.4. The lowest BCUT2D eigenvalue weighted by molar-refractivity contribution is -0.136. The van der Waals surface area contributed by atoms with Gasteiger partial charge in [0.25, 0.3) is 0 Å². The molecule has 3 aliphatic rings. The number of hydrogen-bond donors (Lipinski definition) is 1. The molecule has 5 rings (SSSR count). The second-order valence-corrected chi connectivity index (χ2v) is 8.64. The SMILES string of the molecule is C=C/C=C(\C=C)C1=CCN(C(=O)C2CN(c3c4c(nc5ccnn35)CCNCC4)C2)CC1. The number of anilines is 1. The summed E-state index contributed by atoms with van der Waals surface area (Å²) in [7, 11) is 0. The Morgan fingerprint density at radius 3 is 2.78 bits per heavy atom. The van der Waals surface area contributed by atoms with Crippen molar-refractivity contribution in [1.29, 1.82) is 0 Å². The number of nitrogens with zero attached hydrogens (tertiary/aromatic N) is 5. The maximum atomic E-state index is 13.2. The molecule has 1 fully saturated rings. The van der Waals surface area contributed by atoms with Crippen molar-refractivity contribution in [3.63, 3.8) is 0 Å². The number of rotatable bonds is 5. The average Bonchev–Trinajstić information content (AvgIpc) is 3.12. The summed E-state index contributed by atoms with van der Waals surface area (Å²) in [5, 5.41) is 8.00. The maximum absolute atomic E-state index is 13.2. The number of fused-ring (bicyclic) bond motifs is 2. The molecule has 2 aromatic heterocycles. The molecule has 0 aromatic carbocycles. The average molecular weight is 431 g/mol. The largest absolute Gasteiger partial charge is 0.354 e. The molecule has 0 atom stereocenters. The molecule has 2 aromatic rings. The molecule has 0 spiro atoms. The van der Waals surface area contributed by atoms with Crippen LogP contribution in [0.4, 0.5) is 5.82 Å². The summed E-state index contributed by atoms with van der Waals surface area (Å²) in [6.07, 6.45) is 12.3. The van der Waals surface area contributed by atoms with E-state index < -0.39 is 0 Å². The highest BCUT2D eigenvalue weighted by Crippen LogP contribution is 2.32. The zero-order valence-electron chi connectivity index (χ0n) is 18.5. The van der Waals surface area contributed by atoms with Crippen molar-refractivity contribution in [3.05, 3.63) is 72.1 Å². The smallest absolute Gasteiger partial charge is 0.229 e. The van der Waals surface area contributed by atoms with Gasteiger partial charge in [-0.25, -0.2) is 4.98 Å². The van der Waals surface area contributed by atoms with Gasteiger partial charge in [0.2, 0.25) is 5.91 Å². The first-order chi connectivity index (χ1) is 15.7. The Balaban J connectivity index is 1.30. The number of nitrogens with one attached hydrogen (secondary N) is 1. The Morgan fingerprint density at radius 1 is 1.19 bits per heavy atom. The van der Waals surface area contributed by atoms with Crippen molar-refractivity contribution >= 4 is 17.4 Å². The van der Waals surface area contributed by atoms with Crippen LogP contribution in [0.5, 0.6) is 0 Å². The van der Waals surface area contributed by atoms with Gasteiger partial charge in [-0.15, -0.1) is 0 Å². The van der Waals surface area contributed by atoms with Gasteiger partial charge in [0, 0.05) is 50.8 Å². The summed E-state index contributed by atoms with van der Waals surface area (Å²) >= 11 is 0. The van der Waals surface area contributed by atoms with Gasteiger partial charge >= 0.3 is 0 Å². The first-order valence-corrected chi connectivity index (χ1v) is 11.4. The zero-order valence-corrected chi connectivity index (χ0v) is 18.5. The fourth-order valence-corrected chi connectivity index (χ4v) is 4.97. The van der Waals surface area contributed by atoms with Crippen LogP contribution in [0.3, 0.4) is 0 Å². The van der Waals surface area contributed by atoms with Gasteiger partial charge in [0.15, 0.2) is 5.65 Å². The van der Waals surface area contributed by atoms with E-state index in [0.717, 1.165) is 74.7 Å². The molecule has 0 unspecified atom stereocenters. The van der Waals surface area contributed by atoms with Crippen LogP contribution in [0.15, 0.2) is 60.9 Å². The van der Waals surface area contributed by atoms with Gasteiger partial charge in [0.1, 0.15) is 5.82 Å². The van der Waals surface area contributed by atoms with Crippen molar-refractivity contribution in [2.45, 2.75) is 19.3 Å². The van der Waals surface area contributed by atoms with Gasteiger partial charge in [-0.2, -0.15) is 9.61 Å². The molecule has 1 saturated heterocycles. The van der Waals surface area contributed by atoms with E-state index in [1.807, 2.05) is 33.8 Å². The third kappa shape index (κ3) is 3.66. The Morgan fingerprint density at radius 2 is 2.03 bits per heavy atom. The molecule has 7 nitrogen and oxygen atoms in total. The maximum Gasteiger partial charge on any atom is 0.229 e. The number of allylic oxidation sites excluding steroid dienone is 4. The monoisotopic (exact) mass is 430 g/mol. The van der Waals surface area contributed by atoms with Crippen LogP contribution in [-0.2, 0) is 17.6 Å². The summed E-state index contributed by atoms with van der Waals surface area (Å²) in [4.78, 5) is 22.3. The second-order valence-electron chi connectivity index (χ2n) is 8.64. The molecule has 32 heavy (non-hydrogen) atoms. The van der Waals surface area contributed by atoms with E-state index in [0.29, 0.717) is 6.54 Å². The van der Waals surface area contributed by atoms with Crippen molar-refractivity contribution in [3.8, 4) is 0 Å². The lowest BCUT2D eigenvalue weighted by Crippen LogP contribution is -2.56. The molecule has 3 aliphatic heterocycles. The molecule has 1 amide bonds. The summed E-state index contributed by atoms with van der Waals surface area (Å²) in [6, 6.07) is 1.96. The molecular weight excluding hydrogens is 400 g/mol. The second kappa shape index (κ2) is 8.74. The van der Waals surface area contributed by atoms with Crippen LogP contribution in [0.1, 0.15) is 17.7 Å². The molecule has 166 valence electrons. The predicted octanol–water partition coefficient (Wildman–Crippen LogP) is 2.31. The van der Waals surface area contributed by atoms with E-state index >= 15 is 0 Å². The van der Waals surface area contributed by atoms with Crippen LogP contribution in [0.2, 0.25) is 0 Å². The minimum absolute atomic E-state index is 0.0332. The molecule has 1 N–H and O–H groups in total. The molecule has 5 heterocycles. The molecule has 0 radical (unpaired) electrons. The van der Waals surface area contributed by atoms with Crippen molar-refractivity contribution in [2.75, 3.05) is 44.2 Å². The molecule has 7 heteroatoms. The van der Waals surface area contributed by atoms with E-state index in [-0.39, 0.29) is 11.8 Å². The summed E-state index contributed by atoms with van der Waals surface area (Å²) in [6.45, 7) is 12.4. The first kappa shape index (κ1) is 20.7. The van der Waals surface area contributed by atoms with Crippen molar-refractivity contribution in [2.24, 2.45) is 5.92 Å². The van der Waals surface area contributed by atoms with Gasteiger partial charge in [-0.1, -0.05) is 37.5 Å². The fraction of sp³-hybridized carbons (Fsp3) is 0.400. The van der Waals surface area contributed by atoms with E-state index in [1.165, 1.54) is 11.1 Å². The van der Waals surface area contributed by atoms with Crippen LogP contribution in [-0.4, -0.2) is 64.7 Å². The highest BCUT2D eigenvalue weighted by Gasteiger charge is 2.38. The molecule has 0 aliphatic carbocycles. The van der Waals surface area contributed by atoms with Gasteiger partial charge in [-0.3, -0.25) is 4.79 Å². The molecular formula is C25H30N6O. The molecule has 0 saturated carbocycles. The van der Waals surface area contributed by atoms with E-state index in [1.54, 1.807) is 6.08 Å². The van der Waals surface area contributed by atoms with E-state index in [9.17, 15) is 4.79 Å². The number of carbonyl (C=O) groups excluding carboxylic acids is 1. The van der Waals surface area contributed by atoms with Crippen LogP contribution in [0.25, 0.3) is 5.65 Å². The van der Waals surface area contributed by atoms with Crippen LogP contribution in [0, 0.1) is 5.92 Å². The number of amides is 1. The normalized spacial score (nSPS) is 19.8. The van der Waals surface area contributed by atoms with Crippen LogP contribution < -0.4 is 10.2 Å². The minimum atomic E-state index is 0.0332. The van der Waals surface area contributed by atoms with Gasteiger partial charge < -0.3 is 15.1 Å². The Kier molecular flexibility index (Phi) is 5.66. The Hall–Kier alpha value is -3.19. The van der Waals surface area contributed by atoms with Gasteiger partial charge in [0.05, 0.1) is 17.8 Å².